The van der Waals surface area contributed by atoms with Gasteiger partial charge < -0.3 is 15.3 Å². The lowest BCUT2D eigenvalue weighted by Crippen LogP contribution is -2.57. The molecule has 1 saturated heterocycles. The summed E-state index contributed by atoms with van der Waals surface area (Å²) in [6.07, 6.45) is 3.75. The smallest absolute Gasteiger partial charge is 0.317 e. The Labute approximate surface area is 158 Å². The van der Waals surface area contributed by atoms with Crippen molar-refractivity contribution in [1.82, 2.24) is 20.1 Å². The number of aryl methyl sites for hydroxylation is 1. The van der Waals surface area contributed by atoms with E-state index in [2.05, 4.69) is 15.7 Å². The summed E-state index contributed by atoms with van der Waals surface area (Å²) in [4.78, 5) is 32.0. The summed E-state index contributed by atoms with van der Waals surface area (Å²) in [5, 5.41) is 15.3. The van der Waals surface area contributed by atoms with Crippen LogP contribution in [0.25, 0.3) is 0 Å². The molecule has 0 aromatic carbocycles. The lowest BCUT2D eigenvalue weighted by Gasteiger charge is -2.43. The van der Waals surface area contributed by atoms with Crippen LogP contribution in [0.15, 0.2) is 5.38 Å². The van der Waals surface area contributed by atoms with Gasteiger partial charge in [-0.05, 0) is 39.2 Å². The van der Waals surface area contributed by atoms with Crippen LogP contribution in [0.4, 0.5) is 4.79 Å². The van der Waals surface area contributed by atoms with E-state index in [-0.39, 0.29) is 24.7 Å². The van der Waals surface area contributed by atoms with Crippen LogP contribution in [0.5, 0.6) is 0 Å². The molecule has 1 atom stereocenters. The number of aromatic nitrogens is 1. The minimum Gasteiger partial charge on any atom is -0.480 e. The molecule has 0 spiro atoms. The average Bonchev–Trinajstić information content (AvgIpc) is 3.02. The number of piperidine rings is 1. The third-order valence-electron chi connectivity index (χ3n) is 5.40. The lowest BCUT2D eigenvalue weighted by atomic mass is 9.85. The Kier molecular flexibility index (Phi) is 6.13. The number of aliphatic carboxylic acids is 1. The average molecular weight is 381 g/mol. The molecule has 3 rings (SSSR count). The van der Waals surface area contributed by atoms with E-state index >= 15 is 0 Å². The van der Waals surface area contributed by atoms with Gasteiger partial charge in [0, 0.05) is 42.2 Å². The maximum Gasteiger partial charge on any atom is 0.317 e. The fraction of sp³-hybridized carbons (Fsp3) is 0.722. The number of likely N-dealkylation sites (tertiary alicyclic amines) is 1. The molecule has 1 aliphatic heterocycles. The zero-order valence-electron chi connectivity index (χ0n) is 15.5. The number of hydrogen-bond donors (Lipinski definition) is 2. The highest BCUT2D eigenvalue weighted by molar-refractivity contribution is 7.09. The summed E-state index contributed by atoms with van der Waals surface area (Å²) in [6, 6.07) is 0.416. The molecule has 8 heteroatoms. The molecular weight excluding hydrogens is 352 g/mol. The molecule has 2 fully saturated rings. The Hall–Kier alpha value is -1.67. The quantitative estimate of drug-likeness (QED) is 0.791. The van der Waals surface area contributed by atoms with Gasteiger partial charge in [-0.3, -0.25) is 9.69 Å². The van der Waals surface area contributed by atoms with E-state index < -0.39 is 5.97 Å². The highest BCUT2D eigenvalue weighted by atomic mass is 32.1. The van der Waals surface area contributed by atoms with Crippen molar-refractivity contribution in [3.05, 3.63) is 16.1 Å². The van der Waals surface area contributed by atoms with E-state index in [1.54, 1.807) is 11.3 Å². The van der Waals surface area contributed by atoms with Gasteiger partial charge in [0.25, 0.3) is 0 Å². The van der Waals surface area contributed by atoms with Gasteiger partial charge in [0.2, 0.25) is 0 Å². The number of carboxylic acids is 1. The molecule has 2 heterocycles. The zero-order valence-corrected chi connectivity index (χ0v) is 16.3. The van der Waals surface area contributed by atoms with Gasteiger partial charge in [-0.15, -0.1) is 11.3 Å². The molecule has 144 valence electrons. The van der Waals surface area contributed by atoms with Crippen LogP contribution in [0, 0.1) is 6.92 Å². The molecule has 0 bridgehead atoms. The van der Waals surface area contributed by atoms with Crippen LogP contribution in [0.3, 0.4) is 0 Å². The Morgan fingerprint density at radius 1 is 1.46 bits per heavy atom. The van der Waals surface area contributed by atoms with Gasteiger partial charge in [-0.1, -0.05) is 6.92 Å². The second-order valence-electron chi connectivity index (χ2n) is 7.34. The summed E-state index contributed by atoms with van der Waals surface area (Å²) >= 11 is 1.69. The number of carboxylic acid groups (broad SMARTS) is 1. The zero-order chi connectivity index (χ0) is 18.7. The van der Waals surface area contributed by atoms with Crippen LogP contribution in [0.1, 0.15) is 49.2 Å². The van der Waals surface area contributed by atoms with Crippen molar-refractivity contribution in [3.8, 4) is 0 Å². The SMILES string of the molecule is CCN(CC(=O)O)C1CC(NC(=O)N2CCCC(c3nc(C)cs3)C2)C1. The van der Waals surface area contributed by atoms with Crippen LogP contribution >= 0.6 is 11.3 Å². The number of urea groups is 1. The normalized spacial score (nSPS) is 25.8. The van der Waals surface area contributed by atoms with Crippen LogP contribution < -0.4 is 5.32 Å². The molecule has 0 radical (unpaired) electrons. The van der Waals surface area contributed by atoms with Crippen LogP contribution in [-0.2, 0) is 4.79 Å². The van der Waals surface area contributed by atoms with Crippen molar-refractivity contribution in [2.24, 2.45) is 0 Å². The number of rotatable bonds is 6. The fourth-order valence-corrected chi connectivity index (χ4v) is 4.79. The monoisotopic (exact) mass is 380 g/mol. The summed E-state index contributed by atoms with van der Waals surface area (Å²) in [6.45, 7) is 6.30. The number of nitrogens with one attached hydrogen (secondary N) is 1. The van der Waals surface area contributed by atoms with Crippen LogP contribution in [0.2, 0.25) is 0 Å². The highest BCUT2D eigenvalue weighted by Gasteiger charge is 2.36. The highest BCUT2D eigenvalue weighted by Crippen LogP contribution is 2.30. The van der Waals surface area contributed by atoms with Gasteiger partial charge >= 0.3 is 12.0 Å². The minimum atomic E-state index is -0.795. The topological polar surface area (TPSA) is 85.8 Å². The van der Waals surface area contributed by atoms with Crippen molar-refractivity contribution < 1.29 is 14.7 Å². The largest absolute Gasteiger partial charge is 0.480 e. The Balaban J connectivity index is 1.46. The standard InChI is InChI=1S/C18H28N4O3S/c1-3-21(10-16(23)24)15-7-14(8-15)20-18(25)22-6-4-5-13(9-22)17-19-12(2)11-26-17/h11,13-15H,3-10H2,1-2H3,(H,20,25)(H,23,24). The molecular formula is C18H28N4O3S. The molecule has 2 amide bonds. The van der Waals surface area contributed by atoms with Gasteiger partial charge in [0.1, 0.15) is 0 Å². The van der Waals surface area contributed by atoms with Crippen molar-refractivity contribution in [3.63, 3.8) is 0 Å². The lowest BCUT2D eigenvalue weighted by molar-refractivity contribution is -0.139. The van der Waals surface area contributed by atoms with Gasteiger partial charge in [-0.2, -0.15) is 0 Å². The van der Waals surface area contributed by atoms with E-state index in [4.69, 9.17) is 5.11 Å². The number of thiazole rings is 1. The summed E-state index contributed by atoms with van der Waals surface area (Å²) < 4.78 is 0. The minimum absolute atomic E-state index is 0.00714. The van der Waals surface area contributed by atoms with Crippen molar-refractivity contribution in [1.29, 1.82) is 0 Å². The first-order valence-corrected chi connectivity index (χ1v) is 10.3. The maximum atomic E-state index is 12.6. The molecule has 26 heavy (non-hydrogen) atoms. The van der Waals surface area contributed by atoms with Crippen molar-refractivity contribution in [2.75, 3.05) is 26.2 Å². The Morgan fingerprint density at radius 3 is 2.85 bits per heavy atom. The second kappa shape index (κ2) is 8.35. The fourth-order valence-electron chi connectivity index (χ4n) is 3.87. The van der Waals surface area contributed by atoms with E-state index in [9.17, 15) is 9.59 Å². The van der Waals surface area contributed by atoms with Crippen molar-refractivity contribution in [2.45, 2.75) is 57.5 Å². The number of nitrogens with zero attached hydrogens (tertiary/aromatic N) is 3. The summed E-state index contributed by atoms with van der Waals surface area (Å²) in [5.41, 5.74) is 1.05. The van der Waals surface area contributed by atoms with Gasteiger partial charge in [0.15, 0.2) is 0 Å². The molecule has 1 aromatic rings. The predicted molar refractivity (Wildman–Crippen MR) is 101 cm³/mol. The van der Waals surface area contributed by atoms with E-state index in [0.29, 0.717) is 5.92 Å². The Morgan fingerprint density at radius 2 is 2.23 bits per heavy atom. The number of amides is 2. The van der Waals surface area contributed by atoms with Crippen molar-refractivity contribution >= 4 is 23.3 Å². The summed E-state index contributed by atoms with van der Waals surface area (Å²) in [7, 11) is 0. The second-order valence-corrected chi connectivity index (χ2v) is 8.23. The first-order chi connectivity index (χ1) is 12.5. The molecule has 2 aliphatic rings. The number of carbonyl (C=O) groups is 2. The molecule has 1 saturated carbocycles. The molecule has 1 aromatic heterocycles. The first kappa shape index (κ1) is 19.1. The molecule has 1 unspecified atom stereocenters. The molecule has 1 aliphatic carbocycles. The third-order valence-corrected chi connectivity index (χ3v) is 6.52. The van der Waals surface area contributed by atoms with E-state index in [0.717, 1.165) is 56.0 Å². The predicted octanol–water partition coefficient (Wildman–Crippen LogP) is 2.28. The van der Waals surface area contributed by atoms with Gasteiger partial charge in [-0.25, -0.2) is 9.78 Å². The maximum absolute atomic E-state index is 12.6. The van der Waals surface area contributed by atoms with E-state index in [1.807, 2.05) is 23.6 Å². The summed E-state index contributed by atoms with van der Waals surface area (Å²) in [5.74, 6) is -0.454. The Bertz CT molecular complexity index is 644. The number of carbonyl (C=O) groups excluding carboxylic acids is 1. The first-order valence-electron chi connectivity index (χ1n) is 9.39. The van der Waals surface area contributed by atoms with E-state index in [1.165, 1.54) is 0 Å². The number of likely N-dealkylation sites (N-methyl/N-ethyl adjacent to an activating group) is 1. The van der Waals surface area contributed by atoms with Crippen LogP contribution in [-0.4, -0.2) is 70.2 Å². The third kappa shape index (κ3) is 4.54. The van der Waals surface area contributed by atoms with Gasteiger partial charge in [0.05, 0.1) is 11.6 Å². The molecule has 7 nitrogen and oxygen atoms in total. The number of hydrogen-bond acceptors (Lipinski definition) is 5. The molecule has 2 N–H and O–H groups in total.